The molecule has 0 bridgehead atoms. The van der Waals surface area contributed by atoms with E-state index in [0.717, 1.165) is 12.1 Å². The molecular formula is C12H12NO4-. The van der Waals surface area contributed by atoms with Gasteiger partial charge in [-0.25, -0.2) is 0 Å². The summed E-state index contributed by atoms with van der Waals surface area (Å²) in [6.45, 7) is 0.209. The molecule has 1 aliphatic heterocycles. The Morgan fingerprint density at radius 1 is 1.47 bits per heavy atom. The number of nitrogens with zero attached hydrogens (tertiary/aromatic N) is 1. The first-order chi connectivity index (χ1) is 8.16. The third-order valence-electron chi connectivity index (χ3n) is 2.56. The summed E-state index contributed by atoms with van der Waals surface area (Å²) in [5, 5.41) is 10.3. The van der Waals surface area contributed by atoms with Crippen LogP contribution in [-0.4, -0.2) is 25.0 Å². The topological polar surface area (TPSA) is 69.7 Å². The second-order valence-electron chi connectivity index (χ2n) is 3.81. The molecule has 0 aliphatic carbocycles. The third kappa shape index (κ3) is 2.75. The number of rotatable bonds is 4. The predicted octanol–water partition coefficient (Wildman–Crippen LogP) is -0.0579. The van der Waals surface area contributed by atoms with E-state index < -0.39 is 12.6 Å². The summed E-state index contributed by atoms with van der Waals surface area (Å²) >= 11 is 0. The maximum Gasteiger partial charge on any atom is 0.227 e. The first-order valence-electron chi connectivity index (χ1n) is 5.40. The average molecular weight is 234 g/mol. The molecule has 1 aromatic rings. The average Bonchev–Trinajstić information content (AvgIpc) is 2.73. The second kappa shape index (κ2) is 4.86. The monoisotopic (exact) mass is 234 g/mol. The summed E-state index contributed by atoms with van der Waals surface area (Å²) in [5.74, 6) is -0.763. The fraction of sp³-hybridized carbons (Fsp3) is 0.333. The van der Waals surface area contributed by atoms with E-state index in [1.165, 1.54) is 0 Å². The van der Waals surface area contributed by atoms with E-state index in [9.17, 15) is 14.7 Å². The van der Waals surface area contributed by atoms with Gasteiger partial charge in [0.2, 0.25) is 5.91 Å². The zero-order valence-electron chi connectivity index (χ0n) is 9.22. The lowest BCUT2D eigenvalue weighted by molar-refractivity contribution is -0.307. The standard InChI is InChI=1S/C12H13NO4/c14-11-5-2-6-13(11)9-3-1-4-10(7-9)17-8-12(15)16/h1,3-4,7H,2,5-6,8H2,(H,15,16)/p-1. The van der Waals surface area contributed by atoms with Crippen molar-refractivity contribution in [3.8, 4) is 5.75 Å². The Morgan fingerprint density at radius 3 is 2.94 bits per heavy atom. The van der Waals surface area contributed by atoms with Crippen molar-refractivity contribution in [2.75, 3.05) is 18.1 Å². The first-order valence-corrected chi connectivity index (χ1v) is 5.40. The molecule has 1 aliphatic rings. The molecule has 0 radical (unpaired) electrons. The summed E-state index contributed by atoms with van der Waals surface area (Å²) in [5.41, 5.74) is 0.739. The normalized spacial score (nSPS) is 15.1. The maximum absolute atomic E-state index is 11.5. The summed E-state index contributed by atoms with van der Waals surface area (Å²) < 4.78 is 5.00. The van der Waals surface area contributed by atoms with Gasteiger partial charge in [0, 0.05) is 24.7 Å². The Hall–Kier alpha value is -2.04. The highest BCUT2D eigenvalue weighted by atomic mass is 16.5. The molecule has 5 heteroatoms. The Bertz CT molecular complexity index is 444. The molecule has 2 rings (SSSR count). The lowest BCUT2D eigenvalue weighted by Crippen LogP contribution is -2.29. The molecule has 0 saturated carbocycles. The molecule has 0 atom stereocenters. The fourth-order valence-corrected chi connectivity index (χ4v) is 1.80. The van der Waals surface area contributed by atoms with Crippen LogP contribution in [0.1, 0.15) is 12.8 Å². The van der Waals surface area contributed by atoms with Gasteiger partial charge in [0.05, 0.1) is 5.97 Å². The van der Waals surface area contributed by atoms with Crippen molar-refractivity contribution in [1.29, 1.82) is 0 Å². The summed E-state index contributed by atoms with van der Waals surface area (Å²) in [7, 11) is 0. The van der Waals surface area contributed by atoms with Crippen LogP contribution in [0, 0.1) is 0 Å². The number of carbonyl (C=O) groups excluding carboxylic acids is 2. The highest BCUT2D eigenvalue weighted by molar-refractivity contribution is 5.95. The van der Waals surface area contributed by atoms with Gasteiger partial charge in [-0.3, -0.25) is 4.79 Å². The van der Waals surface area contributed by atoms with Gasteiger partial charge >= 0.3 is 0 Å². The summed E-state index contributed by atoms with van der Waals surface area (Å²) in [6, 6.07) is 6.83. The third-order valence-corrected chi connectivity index (χ3v) is 2.56. The van der Waals surface area contributed by atoms with Gasteiger partial charge in [-0.2, -0.15) is 0 Å². The number of amides is 1. The van der Waals surface area contributed by atoms with E-state index in [2.05, 4.69) is 0 Å². The molecule has 1 fully saturated rings. The molecule has 5 nitrogen and oxygen atoms in total. The number of hydrogen-bond acceptors (Lipinski definition) is 4. The van der Waals surface area contributed by atoms with Crippen LogP contribution in [0.3, 0.4) is 0 Å². The summed E-state index contributed by atoms with van der Waals surface area (Å²) in [6.07, 6.45) is 1.41. The van der Waals surface area contributed by atoms with Crippen LogP contribution in [0.15, 0.2) is 24.3 Å². The number of ether oxygens (including phenoxy) is 1. The number of carbonyl (C=O) groups is 2. The molecule has 0 aromatic heterocycles. The maximum atomic E-state index is 11.5. The number of hydrogen-bond donors (Lipinski definition) is 0. The first kappa shape index (κ1) is 11.4. The van der Waals surface area contributed by atoms with E-state index in [1.54, 1.807) is 29.2 Å². The van der Waals surface area contributed by atoms with E-state index in [1.807, 2.05) is 0 Å². The van der Waals surface area contributed by atoms with Gasteiger partial charge in [-0.15, -0.1) is 0 Å². The Kier molecular flexibility index (Phi) is 3.27. The van der Waals surface area contributed by atoms with Gasteiger partial charge < -0.3 is 19.5 Å². The van der Waals surface area contributed by atoms with Gasteiger partial charge in [0.1, 0.15) is 12.4 Å². The van der Waals surface area contributed by atoms with Crippen molar-refractivity contribution in [2.24, 2.45) is 0 Å². The van der Waals surface area contributed by atoms with E-state index in [-0.39, 0.29) is 5.91 Å². The van der Waals surface area contributed by atoms with E-state index in [4.69, 9.17) is 4.74 Å². The van der Waals surface area contributed by atoms with Gasteiger partial charge in [-0.1, -0.05) is 6.07 Å². The number of carboxylic acid groups (broad SMARTS) is 1. The van der Waals surface area contributed by atoms with Crippen LogP contribution < -0.4 is 14.7 Å². The summed E-state index contributed by atoms with van der Waals surface area (Å²) in [4.78, 5) is 23.5. The molecule has 1 saturated heterocycles. The Balaban J connectivity index is 2.10. The molecular weight excluding hydrogens is 222 g/mol. The highest BCUT2D eigenvalue weighted by Gasteiger charge is 2.21. The SMILES string of the molecule is O=C([O-])COc1cccc(N2CCCC2=O)c1. The Morgan fingerprint density at radius 2 is 2.29 bits per heavy atom. The lowest BCUT2D eigenvalue weighted by atomic mass is 10.3. The zero-order chi connectivity index (χ0) is 12.3. The Labute approximate surface area is 98.6 Å². The minimum atomic E-state index is -1.27. The second-order valence-corrected chi connectivity index (χ2v) is 3.81. The molecule has 1 amide bonds. The molecule has 1 heterocycles. The zero-order valence-corrected chi connectivity index (χ0v) is 9.22. The van der Waals surface area contributed by atoms with Gasteiger partial charge in [0.15, 0.2) is 0 Å². The highest BCUT2D eigenvalue weighted by Crippen LogP contribution is 2.25. The van der Waals surface area contributed by atoms with E-state index >= 15 is 0 Å². The smallest absolute Gasteiger partial charge is 0.227 e. The van der Waals surface area contributed by atoms with Gasteiger partial charge in [-0.05, 0) is 18.6 Å². The van der Waals surface area contributed by atoms with Crippen LogP contribution in [-0.2, 0) is 9.59 Å². The van der Waals surface area contributed by atoms with Crippen LogP contribution in [0.4, 0.5) is 5.69 Å². The number of benzene rings is 1. The number of aliphatic carboxylic acids is 1. The molecule has 0 spiro atoms. The van der Waals surface area contributed by atoms with Crippen LogP contribution >= 0.6 is 0 Å². The van der Waals surface area contributed by atoms with Crippen molar-refractivity contribution < 1.29 is 19.4 Å². The van der Waals surface area contributed by atoms with Crippen LogP contribution in [0.25, 0.3) is 0 Å². The van der Waals surface area contributed by atoms with Crippen molar-refractivity contribution in [2.45, 2.75) is 12.8 Å². The molecule has 0 unspecified atom stereocenters. The van der Waals surface area contributed by atoms with E-state index in [0.29, 0.717) is 18.7 Å². The molecule has 17 heavy (non-hydrogen) atoms. The fourth-order valence-electron chi connectivity index (χ4n) is 1.80. The molecule has 1 aromatic carbocycles. The van der Waals surface area contributed by atoms with Crippen molar-refractivity contribution in [1.82, 2.24) is 0 Å². The minimum absolute atomic E-state index is 0.0852. The molecule has 90 valence electrons. The number of carboxylic acids is 1. The molecule has 0 N–H and O–H groups in total. The van der Waals surface area contributed by atoms with Crippen molar-refractivity contribution in [3.05, 3.63) is 24.3 Å². The van der Waals surface area contributed by atoms with Gasteiger partial charge in [0.25, 0.3) is 0 Å². The largest absolute Gasteiger partial charge is 0.546 e. The minimum Gasteiger partial charge on any atom is -0.546 e. The van der Waals surface area contributed by atoms with Crippen molar-refractivity contribution >= 4 is 17.6 Å². The van der Waals surface area contributed by atoms with Crippen molar-refractivity contribution in [3.63, 3.8) is 0 Å². The lowest BCUT2D eigenvalue weighted by Gasteiger charge is -2.16. The van der Waals surface area contributed by atoms with Crippen LogP contribution in [0.5, 0.6) is 5.75 Å². The number of anilines is 1. The van der Waals surface area contributed by atoms with Crippen LogP contribution in [0.2, 0.25) is 0 Å². The predicted molar refractivity (Wildman–Crippen MR) is 58.5 cm³/mol. The quantitative estimate of drug-likeness (QED) is 0.732.